The average molecular weight is 611 g/mol. The molecule has 10 heteroatoms. The van der Waals surface area contributed by atoms with Gasteiger partial charge in [-0.15, -0.1) is 0 Å². The lowest BCUT2D eigenvalue weighted by molar-refractivity contribution is -0.120. The van der Waals surface area contributed by atoms with Gasteiger partial charge in [-0.3, -0.25) is 9.59 Å². The number of aromatic amines is 1. The number of piperazine rings is 1. The van der Waals surface area contributed by atoms with Gasteiger partial charge in [0, 0.05) is 79.2 Å². The van der Waals surface area contributed by atoms with E-state index >= 15 is 0 Å². The predicted octanol–water partition coefficient (Wildman–Crippen LogP) is 4.77. The largest absolute Gasteiger partial charge is 0.367 e. The average Bonchev–Trinajstić information content (AvgIpc) is 3.67. The topological polar surface area (TPSA) is 92.0 Å². The minimum absolute atomic E-state index is 0.137. The maximum Gasteiger partial charge on any atom is 0.318 e. The monoisotopic (exact) mass is 610 g/mol. The molecule has 45 heavy (non-hydrogen) atoms. The van der Waals surface area contributed by atoms with Crippen molar-refractivity contribution in [3.8, 4) is 0 Å². The van der Waals surface area contributed by atoms with Crippen LogP contribution in [-0.2, 0) is 17.8 Å². The fourth-order valence-electron chi connectivity index (χ4n) is 6.62. The van der Waals surface area contributed by atoms with Gasteiger partial charge >= 0.3 is 6.03 Å². The van der Waals surface area contributed by atoms with Gasteiger partial charge in [0.05, 0.1) is 0 Å². The van der Waals surface area contributed by atoms with Gasteiger partial charge in [-0.05, 0) is 67.5 Å². The number of carbonyl (C=O) groups excluding carboxylic acids is 3. The third-order valence-corrected chi connectivity index (χ3v) is 8.99. The molecule has 9 nitrogen and oxygen atoms in total. The molecule has 0 bridgehead atoms. The highest BCUT2D eigenvalue weighted by Gasteiger charge is 2.37. The van der Waals surface area contributed by atoms with Gasteiger partial charge in [0.1, 0.15) is 11.9 Å². The summed E-state index contributed by atoms with van der Waals surface area (Å²) in [5.41, 5.74) is 6.03. The van der Waals surface area contributed by atoms with E-state index in [4.69, 9.17) is 0 Å². The van der Waals surface area contributed by atoms with Crippen molar-refractivity contribution in [1.82, 2.24) is 20.1 Å². The van der Waals surface area contributed by atoms with Crippen LogP contribution in [0, 0.1) is 5.82 Å². The number of urea groups is 1. The smallest absolute Gasteiger partial charge is 0.318 e. The van der Waals surface area contributed by atoms with Crippen molar-refractivity contribution in [3.63, 3.8) is 0 Å². The molecule has 3 heterocycles. The summed E-state index contributed by atoms with van der Waals surface area (Å²) in [6.07, 6.45) is 3.35. The van der Waals surface area contributed by atoms with Crippen LogP contribution >= 0.6 is 0 Å². The Kier molecular flexibility index (Phi) is 8.58. The quantitative estimate of drug-likeness (QED) is 0.281. The van der Waals surface area contributed by atoms with E-state index in [1.54, 1.807) is 11.0 Å². The Morgan fingerprint density at radius 2 is 1.78 bits per heavy atom. The molecule has 2 N–H and O–H groups in total. The van der Waals surface area contributed by atoms with Gasteiger partial charge in [0.15, 0.2) is 6.29 Å². The maximum atomic E-state index is 14.5. The maximum absolute atomic E-state index is 14.5. The van der Waals surface area contributed by atoms with Crippen LogP contribution < -0.4 is 15.1 Å². The Bertz CT molecular complexity index is 1730. The standard InChI is InChI=1S/C35H39FN6O3/c1-23(29-20-37-30-7-5-4-6-28(29)30)33(34(44)42-13-12-25-9-8-24(18-32(25)42)21-39(2)3)38-35(45)41-16-14-40(15-17-41)31-11-10-27(36)19-26(31)22-43/h4-11,18-20,22-23,33,37H,12-17,21H2,1-3H3,(H,38,45). The second kappa shape index (κ2) is 12.7. The minimum atomic E-state index is -0.808. The summed E-state index contributed by atoms with van der Waals surface area (Å²) in [7, 11) is 4.04. The Hall–Kier alpha value is -4.70. The van der Waals surface area contributed by atoms with Crippen molar-refractivity contribution in [2.75, 3.05) is 56.6 Å². The van der Waals surface area contributed by atoms with Gasteiger partial charge in [0.2, 0.25) is 5.91 Å². The number of nitrogens with one attached hydrogen (secondary N) is 2. The van der Waals surface area contributed by atoms with Crippen LogP contribution in [0.25, 0.3) is 10.9 Å². The Morgan fingerprint density at radius 3 is 2.53 bits per heavy atom. The second-order valence-electron chi connectivity index (χ2n) is 12.2. The zero-order chi connectivity index (χ0) is 31.7. The van der Waals surface area contributed by atoms with Gasteiger partial charge < -0.3 is 29.9 Å². The molecule has 3 aromatic carbocycles. The number of carbonyl (C=O) groups is 3. The Morgan fingerprint density at radius 1 is 1.00 bits per heavy atom. The molecule has 0 spiro atoms. The van der Waals surface area contributed by atoms with E-state index in [2.05, 4.69) is 33.4 Å². The summed E-state index contributed by atoms with van der Waals surface area (Å²) in [4.78, 5) is 50.8. The SMILES string of the molecule is CC(c1c[nH]c2ccccc12)C(NC(=O)N1CCN(c2ccc(F)cc2C=O)CC1)C(=O)N1CCc2ccc(CN(C)C)cc21. The zero-order valence-electron chi connectivity index (χ0n) is 25.9. The first kappa shape index (κ1) is 30.3. The summed E-state index contributed by atoms with van der Waals surface area (Å²) in [5.74, 6) is -0.918. The van der Waals surface area contributed by atoms with Gasteiger partial charge in [-0.2, -0.15) is 0 Å². The number of aldehydes is 1. The first-order chi connectivity index (χ1) is 21.7. The number of hydrogen-bond donors (Lipinski definition) is 2. The molecular weight excluding hydrogens is 571 g/mol. The van der Waals surface area contributed by atoms with Gasteiger partial charge in [0.25, 0.3) is 0 Å². The highest BCUT2D eigenvalue weighted by atomic mass is 19.1. The van der Waals surface area contributed by atoms with Crippen LogP contribution in [0.3, 0.4) is 0 Å². The van der Waals surface area contributed by atoms with E-state index in [0.29, 0.717) is 44.7 Å². The van der Waals surface area contributed by atoms with Crippen molar-refractivity contribution in [2.24, 2.45) is 0 Å². The van der Waals surface area contributed by atoms with Crippen molar-refractivity contribution in [2.45, 2.75) is 31.8 Å². The lowest BCUT2D eigenvalue weighted by Gasteiger charge is -2.38. The number of para-hydroxylation sites is 1. The molecular formula is C35H39FN6O3. The molecule has 2 aliphatic heterocycles. The number of halogens is 1. The Labute approximate surface area is 262 Å². The van der Waals surface area contributed by atoms with Crippen LogP contribution in [0.15, 0.2) is 66.9 Å². The van der Waals surface area contributed by atoms with Crippen LogP contribution in [0.1, 0.15) is 39.9 Å². The molecule has 3 amide bonds. The molecule has 4 aromatic rings. The molecule has 1 aromatic heterocycles. The number of aromatic nitrogens is 1. The van der Waals surface area contributed by atoms with Crippen molar-refractivity contribution < 1.29 is 18.8 Å². The number of nitrogens with zero attached hydrogens (tertiary/aromatic N) is 4. The highest BCUT2D eigenvalue weighted by Crippen LogP contribution is 2.34. The van der Waals surface area contributed by atoms with Crippen LogP contribution in [0.5, 0.6) is 0 Å². The molecule has 2 aliphatic rings. The molecule has 0 radical (unpaired) electrons. The fraction of sp³-hybridized carbons (Fsp3) is 0.343. The zero-order valence-corrected chi connectivity index (χ0v) is 25.9. The van der Waals surface area contributed by atoms with Crippen molar-refractivity contribution in [1.29, 1.82) is 0 Å². The van der Waals surface area contributed by atoms with Crippen LogP contribution in [0.2, 0.25) is 0 Å². The summed E-state index contributed by atoms with van der Waals surface area (Å²) >= 11 is 0. The predicted molar refractivity (Wildman–Crippen MR) is 174 cm³/mol. The van der Waals surface area contributed by atoms with Crippen LogP contribution in [0.4, 0.5) is 20.6 Å². The van der Waals surface area contributed by atoms with Crippen molar-refractivity contribution >= 4 is 40.5 Å². The molecule has 2 unspecified atom stereocenters. The normalized spacial score (nSPS) is 16.2. The highest BCUT2D eigenvalue weighted by molar-refractivity contribution is 6.02. The van der Waals surface area contributed by atoms with Gasteiger partial charge in [-0.1, -0.05) is 37.3 Å². The van der Waals surface area contributed by atoms with E-state index in [0.717, 1.165) is 46.2 Å². The van der Waals surface area contributed by atoms with E-state index in [1.807, 2.05) is 61.3 Å². The lowest BCUT2D eigenvalue weighted by atomic mass is 9.91. The molecule has 2 atom stereocenters. The third-order valence-electron chi connectivity index (χ3n) is 8.99. The minimum Gasteiger partial charge on any atom is -0.367 e. The summed E-state index contributed by atoms with van der Waals surface area (Å²) in [5, 5.41) is 4.15. The molecule has 6 rings (SSSR count). The van der Waals surface area contributed by atoms with E-state index in [1.165, 1.54) is 12.1 Å². The second-order valence-corrected chi connectivity index (χ2v) is 12.2. The Balaban J connectivity index is 1.24. The van der Waals surface area contributed by atoms with Crippen molar-refractivity contribution in [3.05, 3.63) is 94.9 Å². The molecule has 1 fully saturated rings. The number of fused-ring (bicyclic) bond motifs is 2. The number of rotatable bonds is 8. The summed E-state index contributed by atoms with van der Waals surface area (Å²) in [6, 6.07) is 17.3. The van der Waals surface area contributed by atoms with E-state index < -0.39 is 11.9 Å². The number of amides is 3. The summed E-state index contributed by atoms with van der Waals surface area (Å²) < 4.78 is 13.7. The first-order valence-corrected chi connectivity index (χ1v) is 15.4. The number of H-pyrrole nitrogens is 1. The number of benzene rings is 3. The number of anilines is 2. The summed E-state index contributed by atoms with van der Waals surface area (Å²) in [6.45, 7) is 5.05. The van der Waals surface area contributed by atoms with E-state index in [9.17, 15) is 18.8 Å². The molecule has 234 valence electrons. The third kappa shape index (κ3) is 6.15. The molecule has 1 saturated heterocycles. The fourth-order valence-corrected chi connectivity index (χ4v) is 6.62. The first-order valence-electron chi connectivity index (χ1n) is 15.4. The molecule has 0 aliphatic carbocycles. The molecule has 0 saturated carbocycles. The number of hydrogen-bond acceptors (Lipinski definition) is 5. The van der Waals surface area contributed by atoms with Gasteiger partial charge in [-0.25, -0.2) is 9.18 Å². The lowest BCUT2D eigenvalue weighted by Crippen LogP contribution is -2.57. The van der Waals surface area contributed by atoms with Crippen LogP contribution in [-0.4, -0.2) is 85.9 Å². The van der Waals surface area contributed by atoms with E-state index in [-0.39, 0.29) is 23.4 Å².